The van der Waals surface area contributed by atoms with Crippen molar-refractivity contribution in [1.82, 2.24) is 0 Å². The van der Waals surface area contributed by atoms with E-state index in [-0.39, 0.29) is 23.4 Å². The normalized spacial score (nSPS) is 30.4. The van der Waals surface area contributed by atoms with Crippen molar-refractivity contribution in [2.24, 2.45) is 10.8 Å². The molecule has 0 radical (unpaired) electrons. The molecular formula is C11H22O3. The molecule has 0 aromatic carbocycles. The van der Waals surface area contributed by atoms with Crippen LogP contribution in [0.15, 0.2) is 0 Å². The predicted octanol–water partition coefficient (Wildman–Crippen LogP) is 2.75. The molecule has 0 amide bonds. The van der Waals surface area contributed by atoms with Crippen molar-refractivity contribution in [3.05, 3.63) is 0 Å². The molecule has 0 N–H and O–H groups in total. The molecule has 1 rings (SSSR count). The van der Waals surface area contributed by atoms with Gasteiger partial charge >= 0.3 is 0 Å². The van der Waals surface area contributed by atoms with Crippen LogP contribution in [-0.4, -0.2) is 19.4 Å². The summed E-state index contributed by atoms with van der Waals surface area (Å²) < 4.78 is 16.6. The molecule has 1 fully saturated rings. The molecule has 1 aliphatic rings. The van der Waals surface area contributed by atoms with Crippen LogP contribution < -0.4 is 0 Å². The van der Waals surface area contributed by atoms with Crippen LogP contribution in [0.3, 0.4) is 0 Å². The Hall–Kier alpha value is -0.120. The lowest BCUT2D eigenvalue weighted by molar-refractivity contribution is -0.386. The fourth-order valence-electron chi connectivity index (χ4n) is 1.26. The Kier molecular flexibility index (Phi) is 3.24. The van der Waals surface area contributed by atoms with Gasteiger partial charge in [-0.05, 0) is 0 Å². The van der Waals surface area contributed by atoms with Crippen LogP contribution in [0, 0.1) is 10.8 Å². The summed E-state index contributed by atoms with van der Waals surface area (Å²) in [6, 6.07) is 0. The van der Waals surface area contributed by atoms with Crippen molar-refractivity contribution in [2.45, 2.75) is 54.1 Å². The fraction of sp³-hybridized carbons (Fsp3) is 1.00. The van der Waals surface area contributed by atoms with Crippen LogP contribution in [0.5, 0.6) is 0 Å². The maximum absolute atomic E-state index is 5.77. The number of hydrogen-bond acceptors (Lipinski definition) is 3. The van der Waals surface area contributed by atoms with Gasteiger partial charge in [-0.1, -0.05) is 41.5 Å². The molecule has 1 saturated heterocycles. The summed E-state index contributed by atoms with van der Waals surface area (Å²) in [6.07, 6.45) is -0.360. The summed E-state index contributed by atoms with van der Waals surface area (Å²) in [7, 11) is 0. The van der Waals surface area contributed by atoms with Gasteiger partial charge in [-0.2, -0.15) is 0 Å². The third kappa shape index (κ3) is 2.94. The highest BCUT2D eigenvalue weighted by Gasteiger charge is 2.38. The molecule has 0 aliphatic carbocycles. The molecule has 84 valence electrons. The van der Waals surface area contributed by atoms with Crippen LogP contribution in [0.4, 0.5) is 0 Å². The molecule has 14 heavy (non-hydrogen) atoms. The molecule has 3 nitrogen and oxygen atoms in total. The molecule has 0 saturated carbocycles. The SMILES string of the molecule is CC(C)(C)C1OCOC(C(C)(C)C)O1. The van der Waals surface area contributed by atoms with Gasteiger partial charge in [0.2, 0.25) is 0 Å². The summed E-state index contributed by atoms with van der Waals surface area (Å²) in [5.41, 5.74) is -0.0133. The molecule has 3 heteroatoms. The first-order valence-corrected chi connectivity index (χ1v) is 5.10. The van der Waals surface area contributed by atoms with Crippen LogP contribution in [0.25, 0.3) is 0 Å². The Balaban J connectivity index is 2.61. The Labute approximate surface area is 86.7 Å². The topological polar surface area (TPSA) is 27.7 Å². The lowest BCUT2D eigenvalue weighted by atomic mass is 9.93. The second-order valence-electron chi connectivity index (χ2n) is 5.98. The summed E-state index contributed by atoms with van der Waals surface area (Å²) in [4.78, 5) is 0. The number of hydrogen-bond donors (Lipinski definition) is 0. The van der Waals surface area contributed by atoms with E-state index in [0.29, 0.717) is 6.79 Å². The smallest absolute Gasteiger partial charge is 0.168 e. The molecule has 0 bridgehead atoms. The zero-order chi connectivity index (χ0) is 11.0. The first-order chi connectivity index (χ1) is 6.21. The van der Waals surface area contributed by atoms with Gasteiger partial charge in [0.1, 0.15) is 0 Å². The van der Waals surface area contributed by atoms with Gasteiger partial charge in [0, 0.05) is 10.8 Å². The fourth-order valence-corrected chi connectivity index (χ4v) is 1.26. The first kappa shape index (κ1) is 12.0. The minimum atomic E-state index is -0.180. The van der Waals surface area contributed by atoms with Gasteiger partial charge in [-0.25, -0.2) is 0 Å². The molecule has 2 unspecified atom stereocenters. The molecule has 1 aliphatic heterocycles. The molecule has 0 aromatic rings. The third-order valence-electron chi connectivity index (χ3n) is 2.10. The van der Waals surface area contributed by atoms with Gasteiger partial charge < -0.3 is 14.2 Å². The Bertz CT molecular complexity index is 168. The summed E-state index contributed by atoms with van der Waals surface area (Å²) in [5, 5.41) is 0. The van der Waals surface area contributed by atoms with E-state index in [4.69, 9.17) is 14.2 Å². The van der Waals surface area contributed by atoms with Crippen molar-refractivity contribution < 1.29 is 14.2 Å². The van der Waals surface area contributed by atoms with Crippen LogP contribution in [0.1, 0.15) is 41.5 Å². The van der Waals surface area contributed by atoms with Crippen molar-refractivity contribution in [1.29, 1.82) is 0 Å². The number of ether oxygens (including phenoxy) is 3. The van der Waals surface area contributed by atoms with E-state index in [2.05, 4.69) is 41.5 Å². The van der Waals surface area contributed by atoms with Crippen molar-refractivity contribution in [2.75, 3.05) is 6.79 Å². The number of rotatable bonds is 0. The lowest BCUT2D eigenvalue weighted by Crippen LogP contribution is -2.46. The average molecular weight is 202 g/mol. The largest absolute Gasteiger partial charge is 0.326 e. The second kappa shape index (κ2) is 3.80. The maximum Gasteiger partial charge on any atom is 0.168 e. The Morgan fingerprint density at radius 2 is 1.14 bits per heavy atom. The van der Waals surface area contributed by atoms with E-state index in [1.54, 1.807) is 0 Å². The Morgan fingerprint density at radius 3 is 1.43 bits per heavy atom. The molecular weight excluding hydrogens is 180 g/mol. The van der Waals surface area contributed by atoms with Crippen LogP contribution in [-0.2, 0) is 14.2 Å². The summed E-state index contributed by atoms with van der Waals surface area (Å²) in [6.45, 7) is 12.9. The third-order valence-corrected chi connectivity index (χ3v) is 2.10. The van der Waals surface area contributed by atoms with Gasteiger partial charge in [-0.3, -0.25) is 0 Å². The van der Waals surface area contributed by atoms with E-state index in [1.165, 1.54) is 0 Å². The summed E-state index contributed by atoms with van der Waals surface area (Å²) >= 11 is 0. The average Bonchev–Trinajstić information content (AvgIpc) is 2.01. The minimum absolute atomic E-state index is 0.00667. The van der Waals surface area contributed by atoms with E-state index >= 15 is 0 Å². The second-order valence-corrected chi connectivity index (χ2v) is 5.98. The van der Waals surface area contributed by atoms with E-state index in [1.807, 2.05) is 0 Å². The van der Waals surface area contributed by atoms with Crippen LogP contribution >= 0.6 is 0 Å². The van der Waals surface area contributed by atoms with Gasteiger partial charge in [0.25, 0.3) is 0 Å². The van der Waals surface area contributed by atoms with E-state index in [9.17, 15) is 0 Å². The molecule has 1 heterocycles. The molecule has 0 aromatic heterocycles. The highest BCUT2D eigenvalue weighted by Crippen LogP contribution is 2.33. The van der Waals surface area contributed by atoms with E-state index < -0.39 is 0 Å². The zero-order valence-corrected chi connectivity index (χ0v) is 10.1. The zero-order valence-electron chi connectivity index (χ0n) is 10.1. The highest BCUT2D eigenvalue weighted by molar-refractivity contribution is 4.73. The summed E-state index contributed by atoms with van der Waals surface area (Å²) in [5.74, 6) is 0. The van der Waals surface area contributed by atoms with Crippen molar-refractivity contribution >= 4 is 0 Å². The van der Waals surface area contributed by atoms with Gasteiger partial charge in [0.15, 0.2) is 19.4 Å². The first-order valence-electron chi connectivity index (χ1n) is 5.10. The molecule has 0 spiro atoms. The van der Waals surface area contributed by atoms with Gasteiger partial charge in [-0.15, -0.1) is 0 Å². The quantitative estimate of drug-likeness (QED) is 0.604. The minimum Gasteiger partial charge on any atom is -0.326 e. The van der Waals surface area contributed by atoms with E-state index in [0.717, 1.165) is 0 Å². The van der Waals surface area contributed by atoms with Crippen molar-refractivity contribution in [3.8, 4) is 0 Å². The monoisotopic (exact) mass is 202 g/mol. The van der Waals surface area contributed by atoms with Gasteiger partial charge in [0.05, 0.1) is 0 Å². The predicted molar refractivity (Wildman–Crippen MR) is 54.6 cm³/mol. The highest BCUT2D eigenvalue weighted by atomic mass is 16.9. The van der Waals surface area contributed by atoms with Crippen LogP contribution in [0.2, 0.25) is 0 Å². The lowest BCUT2D eigenvalue weighted by Gasteiger charge is -2.41. The Morgan fingerprint density at radius 1 is 0.786 bits per heavy atom. The maximum atomic E-state index is 5.77. The molecule has 2 atom stereocenters. The standard InChI is InChI=1S/C11H22O3/c1-10(2,3)8-12-7-13-9(14-8)11(4,5)6/h8-9H,7H2,1-6H3. The van der Waals surface area contributed by atoms with Crippen molar-refractivity contribution in [3.63, 3.8) is 0 Å².